The molecule has 2 rings (SSSR count). The Hall–Kier alpha value is -1.39. The number of hydrogen-bond donors (Lipinski definition) is 1. The summed E-state index contributed by atoms with van der Waals surface area (Å²) in [4.78, 5) is 26.4. The molecule has 1 N–H and O–H groups in total. The smallest absolute Gasteiger partial charge is 0.319 e. The molecule has 6 heteroatoms. The lowest BCUT2D eigenvalue weighted by Crippen LogP contribution is -2.27. The molecule has 0 amide bonds. The molecule has 1 aromatic carbocycles. The largest absolute Gasteiger partial charge is 0.480 e. The van der Waals surface area contributed by atoms with E-state index in [1.54, 1.807) is 0 Å². The first-order valence-corrected chi connectivity index (χ1v) is 5.07. The molecule has 0 aliphatic carbocycles. The molecule has 82 valence electrons. The van der Waals surface area contributed by atoms with E-state index >= 15 is 0 Å². The van der Waals surface area contributed by atoms with E-state index in [0.29, 0.717) is 0 Å². The summed E-state index contributed by atoms with van der Waals surface area (Å²) in [5.41, 5.74) is 0.418. The number of Topliss-reactive ketones (excluding diaryl/α,β-unsaturated/α-hetero) is 1. The van der Waals surface area contributed by atoms with Gasteiger partial charge in [0.25, 0.3) is 0 Å². The number of aliphatic carboxylic acids is 1. The fourth-order valence-electron chi connectivity index (χ4n) is 1.43. The van der Waals surface area contributed by atoms with Crippen LogP contribution in [0.5, 0.6) is 0 Å². The molecule has 0 bridgehead atoms. The minimum absolute atomic E-state index is 0.160. The van der Waals surface area contributed by atoms with Gasteiger partial charge in [0.2, 0.25) is 0 Å². The van der Waals surface area contributed by atoms with E-state index in [4.69, 9.17) is 28.3 Å². The number of carboxylic acids is 1. The molecule has 0 saturated carbocycles. The van der Waals surface area contributed by atoms with E-state index in [1.807, 2.05) is 0 Å². The van der Waals surface area contributed by atoms with E-state index in [9.17, 15) is 9.59 Å². The number of benzene rings is 1. The topological polar surface area (TPSA) is 66.7 Å². The van der Waals surface area contributed by atoms with Gasteiger partial charge in [-0.25, -0.2) is 0 Å². The molecule has 1 atom stereocenters. The molecular formula is C10H5Cl2NO3. The number of fused-ring (bicyclic) bond motifs is 1. The Balaban J connectivity index is 2.59. The maximum atomic E-state index is 11.7. The molecule has 0 spiro atoms. The summed E-state index contributed by atoms with van der Waals surface area (Å²) in [6, 6.07) is 2.87. The number of carbonyl (C=O) groups is 2. The van der Waals surface area contributed by atoms with Crippen LogP contribution >= 0.6 is 23.2 Å². The molecule has 1 aliphatic rings. The van der Waals surface area contributed by atoms with Crippen molar-refractivity contribution in [3.63, 3.8) is 0 Å². The highest BCUT2D eigenvalue weighted by molar-refractivity contribution is 6.44. The Morgan fingerprint density at radius 2 is 2.06 bits per heavy atom. The van der Waals surface area contributed by atoms with E-state index in [0.717, 1.165) is 6.21 Å². The van der Waals surface area contributed by atoms with Gasteiger partial charge in [-0.05, 0) is 12.1 Å². The van der Waals surface area contributed by atoms with Crippen molar-refractivity contribution in [2.75, 3.05) is 0 Å². The standard InChI is InChI=1S/C10H5Cl2NO3/c11-6-2-1-4-8(7(6)12)13-3-5(9(4)14)10(15)16/h1-3,5H,(H,15,16)/t5-/m0/s1. The first-order valence-electron chi connectivity index (χ1n) is 4.31. The maximum Gasteiger partial charge on any atom is 0.319 e. The summed E-state index contributed by atoms with van der Waals surface area (Å²) in [7, 11) is 0. The third-order valence-electron chi connectivity index (χ3n) is 2.24. The molecule has 16 heavy (non-hydrogen) atoms. The van der Waals surface area contributed by atoms with Crippen molar-refractivity contribution >= 4 is 46.9 Å². The Labute approximate surface area is 101 Å². The molecular weight excluding hydrogens is 253 g/mol. The van der Waals surface area contributed by atoms with Crippen molar-refractivity contribution in [3.05, 3.63) is 27.7 Å². The normalized spacial score (nSPS) is 18.4. The fraction of sp³-hybridized carbons (Fsp3) is 0.100. The van der Waals surface area contributed by atoms with E-state index in [1.165, 1.54) is 12.1 Å². The van der Waals surface area contributed by atoms with Crippen LogP contribution in [0.4, 0.5) is 5.69 Å². The lowest BCUT2D eigenvalue weighted by Gasteiger charge is -2.15. The molecule has 0 radical (unpaired) electrons. The summed E-state index contributed by atoms with van der Waals surface area (Å²) in [6.45, 7) is 0. The number of nitrogens with zero attached hydrogens (tertiary/aromatic N) is 1. The fourth-order valence-corrected chi connectivity index (χ4v) is 1.79. The van der Waals surface area contributed by atoms with E-state index < -0.39 is 17.7 Å². The molecule has 1 aliphatic heterocycles. The number of halogens is 2. The number of hydrogen-bond acceptors (Lipinski definition) is 3. The van der Waals surface area contributed by atoms with Gasteiger partial charge in [-0.3, -0.25) is 14.6 Å². The van der Waals surface area contributed by atoms with Gasteiger partial charge in [-0.1, -0.05) is 23.2 Å². The molecule has 1 heterocycles. The Morgan fingerprint density at radius 3 is 2.69 bits per heavy atom. The van der Waals surface area contributed by atoms with Gasteiger partial charge in [0.05, 0.1) is 15.7 Å². The highest BCUT2D eigenvalue weighted by Crippen LogP contribution is 2.38. The van der Waals surface area contributed by atoms with Crippen molar-refractivity contribution in [2.24, 2.45) is 10.9 Å². The number of carboxylic acid groups (broad SMARTS) is 1. The van der Waals surface area contributed by atoms with Gasteiger partial charge >= 0.3 is 5.97 Å². The number of rotatable bonds is 1. The van der Waals surface area contributed by atoms with Crippen LogP contribution in [0.25, 0.3) is 0 Å². The molecule has 1 aromatic rings. The molecule has 0 fully saturated rings. The lowest BCUT2D eigenvalue weighted by molar-refractivity contribution is -0.137. The minimum Gasteiger partial charge on any atom is -0.480 e. The quantitative estimate of drug-likeness (QED) is 0.787. The SMILES string of the molecule is O=C(O)[C@H]1C=Nc2c(ccc(Cl)c2Cl)C1=O. The van der Waals surface area contributed by atoms with Crippen LogP contribution in [0.3, 0.4) is 0 Å². The monoisotopic (exact) mass is 257 g/mol. The number of aliphatic imine (C=N–C) groups is 1. The van der Waals surface area contributed by atoms with Gasteiger partial charge in [-0.2, -0.15) is 0 Å². The summed E-state index contributed by atoms with van der Waals surface area (Å²) in [5.74, 6) is -3.01. The summed E-state index contributed by atoms with van der Waals surface area (Å²) < 4.78 is 0. The third kappa shape index (κ3) is 1.60. The summed E-state index contributed by atoms with van der Waals surface area (Å²) in [6.07, 6.45) is 1.06. The third-order valence-corrected chi connectivity index (χ3v) is 3.03. The zero-order chi connectivity index (χ0) is 11.9. The van der Waals surface area contributed by atoms with Crippen molar-refractivity contribution in [1.29, 1.82) is 0 Å². The second-order valence-corrected chi connectivity index (χ2v) is 4.00. The van der Waals surface area contributed by atoms with Crippen molar-refractivity contribution in [3.8, 4) is 0 Å². The summed E-state index contributed by atoms with van der Waals surface area (Å²) in [5, 5.41) is 9.22. The number of carbonyl (C=O) groups excluding carboxylic acids is 1. The lowest BCUT2D eigenvalue weighted by atomic mass is 9.95. The van der Waals surface area contributed by atoms with Crippen LogP contribution in [0.15, 0.2) is 17.1 Å². The van der Waals surface area contributed by atoms with Gasteiger partial charge in [0.15, 0.2) is 11.7 Å². The Kier molecular flexibility index (Phi) is 2.69. The average Bonchev–Trinajstić information content (AvgIpc) is 2.23. The van der Waals surface area contributed by atoms with Gasteiger partial charge < -0.3 is 5.11 Å². The van der Waals surface area contributed by atoms with Crippen LogP contribution in [0.2, 0.25) is 10.0 Å². The number of ketones is 1. The van der Waals surface area contributed by atoms with Gasteiger partial charge in [0.1, 0.15) is 0 Å². The molecule has 0 aromatic heterocycles. The van der Waals surface area contributed by atoms with Gasteiger partial charge in [0, 0.05) is 11.8 Å². The van der Waals surface area contributed by atoms with Gasteiger partial charge in [-0.15, -0.1) is 0 Å². The second-order valence-electron chi connectivity index (χ2n) is 3.22. The highest BCUT2D eigenvalue weighted by atomic mass is 35.5. The van der Waals surface area contributed by atoms with E-state index in [-0.39, 0.29) is 21.3 Å². The summed E-state index contributed by atoms with van der Waals surface area (Å²) >= 11 is 11.6. The first kappa shape index (κ1) is 11.1. The molecule has 0 saturated heterocycles. The predicted octanol–water partition coefficient (Wildman–Crippen LogP) is 2.59. The first-order chi connectivity index (χ1) is 7.52. The van der Waals surface area contributed by atoms with Crippen LogP contribution in [0, 0.1) is 5.92 Å². The van der Waals surface area contributed by atoms with Crippen molar-refractivity contribution < 1.29 is 14.7 Å². The highest BCUT2D eigenvalue weighted by Gasteiger charge is 2.31. The maximum absolute atomic E-state index is 11.7. The van der Waals surface area contributed by atoms with Crippen molar-refractivity contribution in [2.45, 2.75) is 0 Å². The second kappa shape index (κ2) is 3.88. The molecule has 4 nitrogen and oxygen atoms in total. The van der Waals surface area contributed by atoms with E-state index in [2.05, 4.69) is 4.99 Å². The predicted molar refractivity (Wildman–Crippen MR) is 60.1 cm³/mol. The van der Waals surface area contributed by atoms with Crippen LogP contribution in [-0.4, -0.2) is 23.1 Å². The Morgan fingerprint density at radius 1 is 1.38 bits per heavy atom. The van der Waals surface area contributed by atoms with Crippen LogP contribution in [0.1, 0.15) is 10.4 Å². The van der Waals surface area contributed by atoms with Crippen LogP contribution < -0.4 is 0 Å². The van der Waals surface area contributed by atoms with Crippen LogP contribution in [-0.2, 0) is 4.79 Å². The molecule has 0 unspecified atom stereocenters. The van der Waals surface area contributed by atoms with Crippen molar-refractivity contribution in [1.82, 2.24) is 0 Å². The minimum atomic E-state index is -1.25. The zero-order valence-electron chi connectivity index (χ0n) is 7.78. The zero-order valence-corrected chi connectivity index (χ0v) is 9.29. The Bertz CT molecular complexity index is 525. The average molecular weight is 258 g/mol.